The standard InChI is InChI=1S/C13H26N2/c1-2-15-10-3-5-12(11-15)6-9-13(14)7-4-8-13/h12H,2-11,14H2,1H3. The van der Waals surface area contributed by atoms with Crippen molar-refractivity contribution in [3.8, 4) is 0 Å². The molecular formula is C13H26N2. The van der Waals surface area contributed by atoms with Gasteiger partial charge >= 0.3 is 0 Å². The van der Waals surface area contributed by atoms with Crippen LogP contribution in [0.5, 0.6) is 0 Å². The lowest BCUT2D eigenvalue weighted by molar-refractivity contribution is 0.151. The van der Waals surface area contributed by atoms with Crippen LogP contribution >= 0.6 is 0 Å². The molecule has 1 aliphatic carbocycles. The van der Waals surface area contributed by atoms with Crippen LogP contribution in [0, 0.1) is 5.92 Å². The average molecular weight is 210 g/mol. The maximum absolute atomic E-state index is 6.27. The molecule has 2 heteroatoms. The van der Waals surface area contributed by atoms with Crippen LogP contribution in [0.25, 0.3) is 0 Å². The Balaban J connectivity index is 1.69. The van der Waals surface area contributed by atoms with Crippen LogP contribution in [-0.4, -0.2) is 30.1 Å². The Morgan fingerprint density at radius 3 is 2.73 bits per heavy atom. The monoisotopic (exact) mass is 210 g/mol. The predicted octanol–water partition coefficient (Wildman–Crippen LogP) is 2.38. The molecule has 88 valence electrons. The molecule has 15 heavy (non-hydrogen) atoms. The molecule has 1 heterocycles. The lowest BCUT2D eigenvalue weighted by Gasteiger charge is -2.40. The summed E-state index contributed by atoms with van der Waals surface area (Å²) >= 11 is 0. The molecule has 1 unspecified atom stereocenters. The minimum Gasteiger partial charge on any atom is -0.325 e. The van der Waals surface area contributed by atoms with Crippen molar-refractivity contribution >= 4 is 0 Å². The van der Waals surface area contributed by atoms with Crippen molar-refractivity contribution in [2.75, 3.05) is 19.6 Å². The number of piperidine rings is 1. The van der Waals surface area contributed by atoms with E-state index in [1.165, 1.54) is 64.6 Å². The summed E-state index contributed by atoms with van der Waals surface area (Å²) in [5.41, 5.74) is 6.52. The maximum atomic E-state index is 6.27. The van der Waals surface area contributed by atoms with Gasteiger partial charge in [-0.15, -0.1) is 0 Å². The maximum Gasteiger partial charge on any atom is 0.0154 e. The summed E-state index contributed by atoms with van der Waals surface area (Å²) in [6.45, 7) is 6.15. The highest BCUT2D eigenvalue weighted by atomic mass is 15.1. The van der Waals surface area contributed by atoms with Gasteiger partial charge in [-0.05, 0) is 64.0 Å². The predicted molar refractivity (Wildman–Crippen MR) is 64.8 cm³/mol. The van der Waals surface area contributed by atoms with Crippen LogP contribution in [0.4, 0.5) is 0 Å². The van der Waals surface area contributed by atoms with E-state index in [4.69, 9.17) is 5.73 Å². The van der Waals surface area contributed by atoms with Gasteiger partial charge in [-0.3, -0.25) is 0 Å². The minimum atomic E-state index is 0.245. The first-order valence-electron chi connectivity index (χ1n) is 6.73. The number of nitrogens with two attached hydrogens (primary N) is 1. The zero-order valence-corrected chi connectivity index (χ0v) is 10.2. The van der Waals surface area contributed by atoms with Gasteiger partial charge in [0.05, 0.1) is 0 Å². The molecule has 2 aliphatic rings. The van der Waals surface area contributed by atoms with E-state index in [9.17, 15) is 0 Å². The second kappa shape index (κ2) is 4.84. The fourth-order valence-corrected chi connectivity index (χ4v) is 3.05. The molecule has 0 radical (unpaired) electrons. The average Bonchev–Trinajstić information content (AvgIpc) is 2.24. The first kappa shape index (κ1) is 11.4. The van der Waals surface area contributed by atoms with Crippen molar-refractivity contribution in [2.45, 2.75) is 57.4 Å². The summed E-state index contributed by atoms with van der Waals surface area (Å²) in [6, 6.07) is 0. The van der Waals surface area contributed by atoms with Crippen LogP contribution in [0.15, 0.2) is 0 Å². The largest absolute Gasteiger partial charge is 0.325 e. The van der Waals surface area contributed by atoms with Crippen molar-refractivity contribution in [1.29, 1.82) is 0 Å². The third-order valence-corrected chi connectivity index (χ3v) is 4.45. The first-order chi connectivity index (χ1) is 7.22. The molecule has 0 amide bonds. The Hall–Kier alpha value is -0.0800. The van der Waals surface area contributed by atoms with Gasteiger partial charge in [-0.2, -0.15) is 0 Å². The van der Waals surface area contributed by atoms with E-state index in [1.807, 2.05) is 0 Å². The van der Waals surface area contributed by atoms with Crippen molar-refractivity contribution in [3.63, 3.8) is 0 Å². The van der Waals surface area contributed by atoms with Gasteiger partial charge in [0, 0.05) is 12.1 Å². The number of nitrogens with zero attached hydrogens (tertiary/aromatic N) is 1. The molecule has 1 saturated heterocycles. The third kappa shape index (κ3) is 2.94. The SMILES string of the molecule is CCN1CCCC(CCC2(N)CCC2)C1. The number of rotatable bonds is 4. The van der Waals surface area contributed by atoms with Gasteiger partial charge < -0.3 is 10.6 Å². The second-order valence-electron chi connectivity index (χ2n) is 5.66. The molecule has 2 nitrogen and oxygen atoms in total. The van der Waals surface area contributed by atoms with Crippen molar-refractivity contribution in [1.82, 2.24) is 4.90 Å². The molecule has 2 rings (SSSR count). The Labute approximate surface area is 94.2 Å². The first-order valence-corrected chi connectivity index (χ1v) is 6.73. The van der Waals surface area contributed by atoms with E-state index < -0.39 is 0 Å². The Morgan fingerprint density at radius 1 is 1.33 bits per heavy atom. The molecule has 0 bridgehead atoms. The number of hydrogen-bond acceptors (Lipinski definition) is 2. The summed E-state index contributed by atoms with van der Waals surface area (Å²) in [4.78, 5) is 2.60. The molecular weight excluding hydrogens is 184 g/mol. The molecule has 1 atom stereocenters. The molecule has 0 aromatic heterocycles. The van der Waals surface area contributed by atoms with Crippen LogP contribution < -0.4 is 5.73 Å². The molecule has 1 aliphatic heterocycles. The fourth-order valence-electron chi connectivity index (χ4n) is 3.05. The highest BCUT2D eigenvalue weighted by molar-refractivity contribution is 4.93. The Kier molecular flexibility index (Phi) is 3.68. The van der Waals surface area contributed by atoms with E-state index in [1.54, 1.807) is 0 Å². The van der Waals surface area contributed by atoms with Crippen molar-refractivity contribution < 1.29 is 0 Å². The van der Waals surface area contributed by atoms with Crippen LogP contribution in [0.3, 0.4) is 0 Å². The van der Waals surface area contributed by atoms with E-state index in [0.717, 1.165) is 5.92 Å². The van der Waals surface area contributed by atoms with Gasteiger partial charge in [0.15, 0.2) is 0 Å². The molecule has 0 spiro atoms. The lowest BCUT2D eigenvalue weighted by atomic mass is 9.73. The van der Waals surface area contributed by atoms with Gasteiger partial charge in [0.1, 0.15) is 0 Å². The quantitative estimate of drug-likeness (QED) is 0.772. The topological polar surface area (TPSA) is 29.3 Å². The highest BCUT2D eigenvalue weighted by Crippen LogP contribution is 2.35. The van der Waals surface area contributed by atoms with E-state index in [2.05, 4.69) is 11.8 Å². The zero-order chi connectivity index (χ0) is 10.7. The fraction of sp³-hybridized carbons (Fsp3) is 1.00. The number of hydrogen-bond donors (Lipinski definition) is 1. The minimum absolute atomic E-state index is 0.245. The van der Waals surface area contributed by atoms with Gasteiger partial charge in [0.2, 0.25) is 0 Å². The zero-order valence-electron chi connectivity index (χ0n) is 10.2. The summed E-state index contributed by atoms with van der Waals surface area (Å²) < 4.78 is 0. The van der Waals surface area contributed by atoms with E-state index >= 15 is 0 Å². The van der Waals surface area contributed by atoms with E-state index in [-0.39, 0.29) is 5.54 Å². The summed E-state index contributed by atoms with van der Waals surface area (Å²) in [6.07, 6.45) is 9.39. The van der Waals surface area contributed by atoms with E-state index in [0.29, 0.717) is 0 Å². The van der Waals surface area contributed by atoms with Crippen molar-refractivity contribution in [3.05, 3.63) is 0 Å². The molecule has 0 aromatic carbocycles. The highest BCUT2D eigenvalue weighted by Gasteiger charge is 2.33. The summed E-state index contributed by atoms with van der Waals surface area (Å²) in [5, 5.41) is 0. The van der Waals surface area contributed by atoms with Crippen molar-refractivity contribution in [2.24, 2.45) is 11.7 Å². The van der Waals surface area contributed by atoms with Crippen LogP contribution in [0.1, 0.15) is 51.9 Å². The molecule has 2 fully saturated rings. The summed E-state index contributed by atoms with van der Waals surface area (Å²) in [5.74, 6) is 0.930. The normalized spacial score (nSPS) is 31.2. The van der Waals surface area contributed by atoms with Crippen LogP contribution in [-0.2, 0) is 0 Å². The molecule has 0 aromatic rings. The lowest BCUT2D eigenvalue weighted by Crippen LogP contribution is -2.47. The van der Waals surface area contributed by atoms with Gasteiger partial charge in [-0.1, -0.05) is 6.92 Å². The van der Waals surface area contributed by atoms with Gasteiger partial charge in [-0.25, -0.2) is 0 Å². The number of likely N-dealkylation sites (tertiary alicyclic amines) is 1. The second-order valence-corrected chi connectivity index (χ2v) is 5.66. The molecule has 1 saturated carbocycles. The van der Waals surface area contributed by atoms with Crippen LogP contribution in [0.2, 0.25) is 0 Å². The van der Waals surface area contributed by atoms with Gasteiger partial charge in [0.25, 0.3) is 0 Å². The Bertz CT molecular complexity index is 199. The smallest absolute Gasteiger partial charge is 0.0154 e. The third-order valence-electron chi connectivity index (χ3n) is 4.45. The molecule has 2 N–H and O–H groups in total. The summed E-state index contributed by atoms with van der Waals surface area (Å²) in [7, 11) is 0. The Morgan fingerprint density at radius 2 is 2.13 bits per heavy atom.